The second-order valence-electron chi connectivity index (χ2n) is 5.59. The van der Waals surface area contributed by atoms with Crippen molar-refractivity contribution in [3.05, 3.63) is 34.6 Å². The summed E-state index contributed by atoms with van der Waals surface area (Å²) in [5.41, 5.74) is 6.41. The van der Waals surface area contributed by atoms with Crippen LogP contribution in [0.25, 0.3) is 0 Å². The maximum absolute atomic E-state index is 14.3. The normalized spacial score (nSPS) is 17.2. The topological polar surface area (TPSA) is 29.3 Å². The van der Waals surface area contributed by atoms with Gasteiger partial charge in [-0.1, -0.05) is 37.6 Å². The Bertz CT molecular complexity index is 432. The number of rotatable bonds is 6. The molecular formula is C15H22ClFN2. The van der Waals surface area contributed by atoms with E-state index in [9.17, 15) is 4.39 Å². The number of hydrogen-bond donors (Lipinski definition) is 1. The summed E-state index contributed by atoms with van der Waals surface area (Å²) in [5, 5.41) is 0.201. The average molecular weight is 285 g/mol. The van der Waals surface area contributed by atoms with Gasteiger partial charge in [0.25, 0.3) is 0 Å². The van der Waals surface area contributed by atoms with E-state index in [1.165, 1.54) is 12.8 Å². The van der Waals surface area contributed by atoms with Gasteiger partial charge in [-0.3, -0.25) is 4.90 Å². The van der Waals surface area contributed by atoms with E-state index in [0.717, 1.165) is 6.54 Å². The summed E-state index contributed by atoms with van der Waals surface area (Å²) >= 11 is 5.92. The summed E-state index contributed by atoms with van der Waals surface area (Å²) in [7, 11) is 0. The second-order valence-corrected chi connectivity index (χ2v) is 6.00. The van der Waals surface area contributed by atoms with Crippen LogP contribution in [0.4, 0.5) is 4.39 Å². The Kier molecular flexibility index (Phi) is 4.82. The molecule has 0 aliphatic heterocycles. The highest BCUT2D eigenvalue weighted by Crippen LogP contribution is 2.39. The van der Waals surface area contributed by atoms with E-state index >= 15 is 0 Å². The molecule has 0 amide bonds. The summed E-state index contributed by atoms with van der Waals surface area (Å²) in [6, 6.07) is 5.87. The molecule has 1 atom stereocenters. The first-order valence-corrected chi connectivity index (χ1v) is 7.33. The first-order valence-electron chi connectivity index (χ1n) is 6.96. The van der Waals surface area contributed by atoms with E-state index in [1.807, 2.05) is 12.1 Å². The van der Waals surface area contributed by atoms with Crippen molar-refractivity contribution < 1.29 is 4.39 Å². The fourth-order valence-corrected chi connectivity index (χ4v) is 2.96. The van der Waals surface area contributed by atoms with Gasteiger partial charge in [-0.25, -0.2) is 4.39 Å². The molecule has 0 heterocycles. The lowest BCUT2D eigenvalue weighted by Gasteiger charge is -2.35. The molecule has 19 heavy (non-hydrogen) atoms. The molecule has 0 radical (unpaired) electrons. The molecule has 1 aliphatic rings. The summed E-state index contributed by atoms with van der Waals surface area (Å²) in [6.07, 6.45) is 2.37. The SMILES string of the molecule is CC(C)C(c1cccc(Cl)c1F)N(CCN)C1CC1. The van der Waals surface area contributed by atoms with Gasteiger partial charge >= 0.3 is 0 Å². The lowest BCUT2D eigenvalue weighted by molar-refractivity contribution is 0.147. The molecule has 1 saturated carbocycles. The maximum atomic E-state index is 14.3. The lowest BCUT2D eigenvalue weighted by atomic mass is 9.93. The van der Waals surface area contributed by atoms with E-state index in [2.05, 4.69) is 18.7 Å². The Morgan fingerprint density at radius 1 is 1.42 bits per heavy atom. The zero-order valence-electron chi connectivity index (χ0n) is 11.6. The van der Waals surface area contributed by atoms with Crippen LogP contribution in [0, 0.1) is 11.7 Å². The third-order valence-electron chi connectivity index (χ3n) is 3.69. The van der Waals surface area contributed by atoms with E-state index in [0.29, 0.717) is 24.1 Å². The third kappa shape index (κ3) is 3.28. The number of nitrogens with zero attached hydrogens (tertiary/aromatic N) is 1. The molecule has 2 N–H and O–H groups in total. The Morgan fingerprint density at radius 3 is 2.63 bits per heavy atom. The molecule has 4 heteroatoms. The highest BCUT2D eigenvalue weighted by molar-refractivity contribution is 6.30. The van der Waals surface area contributed by atoms with Gasteiger partial charge in [0.1, 0.15) is 5.82 Å². The van der Waals surface area contributed by atoms with Crippen molar-refractivity contribution in [3.8, 4) is 0 Å². The molecule has 2 nitrogen and oxygen atoms in total. The van der Waals surface area contributed by atoms with Gasteiger partial charge in [0.2, 0.25) is 0 Å². The van der Waals surface area contributed by atoms with Crippen LogP contribution in [-0.2, 0) is 0 Å². The van der Waals surface area contributed by atoms with E-state index in [1.54, 1.807) is 6.07 Å². The fourth-order valence-electron chi connectivity index (χ4n) is 2.77. The molecule has 0 saturated heterocycles. The highest BCUT2D eigenvalue weighted by atomic mass is 35.5. The highest BCUT2D eigenvalue weighted by Gasteiger charge is 2.36. The van der Waals surface area contributed by atoms with Crippen LogP contribution in [-0.4, -0.2) is 24.0 Å². The smallest absolute Gasteiger partial charge is 0.146 e. The monoisotopic (exact) mass is 284 g/mol. The van der Waals surface area contributed by atoms with Crippen LogP contribution in [0.3, 0.4) is 0 Å². The van der Waals surface area contributed by atoms with Gasteiger partial charge in [0, 0.05) is 30.7 Å². The summed E-state index contributed by atoms with van der Waals surface area (Å²) in [6.45, 7) is 5.65. The Hall–Kier alpha value is -0.640. The van der Waals surface area contributed by atoms with Crippen molar-refractivity contribution in [2.45, 2.75) is 38.8 Å². The molecule has 1 aromatic rings. The molecule has 0 spiro atoms. The number of hydrogen-bond acceptors (Lipinski definition) is 2. The first-order chi connectivity index (χ1) is 9.06. The van der Waals surface area contributed by atoms with Gasteiger partial charge in [-0.05, 0) is 24.8 Å². The lowest BCUT2D eigenvalue weighted by Crippen LogP contribution is -2.38. The van der Waals surface area contributed by atoms with Crippen LogP contribution >= 0.6 is 11.6 Å². The van der Waals surface area contributed by atoms with Gasteiger partial charge in [-0.15, -0.1) is 0 Å². The largest absolute Gasteiger partial charge is 0.329 e. The Morgan fingerprint density at radius 2 is 2.11 bits per heavy atom. The van der Waals surface area contributed by atoms with Crippen molar-refractivity contribution in [2.24, 2.45) is 11.7 Å². The van der Waals surface area contributed by atoms with Crippen molar-refractivity contribution in [2.75, 3.05) is 13.1 Å². The summed E-state index contributed by atoms with van der Waals surface area (Å²) < 4.78 is 14.3. The molecule has 1 fully saturated rings. The van der Waals surface area contributed by atoms with Crippen LogP contribution in [0.5, 0.6) is 0 Å². The predicted molar refractivity (Wildman–Crippen MR) is 77.8 cm³/mol. The molecule has 0 aromatic heterocycles. The summed E-state index contributed by atoms with van der Waals surface area (Å²) in [5.74, 6) is 0.0330. The van der Waals surface area contributed by atoms with Crippen LogP contribution in [0.2, 0.25) is 5.02 Å². The zero-order valence-corrected chi connectivity index (χ0v) is 12.3. The minimum atomic E-state index is -0.287. The minimum absolute atomic E-state index is 0.0507. The quantitative estimate of drug-likeness (QED) is 0.865. The second kappa shape index (κ2) is 6.21. The molecule has 0 bridgehead atoms. The molecule has 1 unspecified atom stereocenters. The Balaban J connectivity index is 2.35. The minimum Gasteiger partial charge on any atom is -0.329 e. The van der Waals surface area contributed by atoms with E-state index in [4.69, 9.17) is 17.3 Å². The van der Waals surface area contributed by atoms with Crippen LogP contribution in [0.1, 0.15) is 38.3 Å². The Labute approximate surface area is 119 Å². The van der Waals surface area contributed by atoms with Gasteiger partial charge in [-0.2, -0.15) is 0 Å². The first kappa shape index (κ1) is 14.8. The third-order valence-corrected chi connectivity index (χ3v) is 3.98. The van der Waals surface area contributed by atoms with Crippen molar-refractivity contribution in [1.82, 2.24) is 4.90 Å². The molecular weight excluding hydrogens is 263 g/mol. The van der Waals surface area contributed by atoms with E-state index in [-0.39, 0.29) is 16.9 Å². The number of benzene rings is 1. The maximum Gasteiger partial charge on any atom is 0.146 e. The van der Waals surface area contributed by atoms with Gasteiger partial charge < -0.3 is 5.73 Å². The van der Waals surface area contributed by atoms with Crippen molar-refractivity contribution in [3.63, 3.8) is 0 Å². The van der Waals surface area contributed by atoms with Gasteiger partial charge in [0.05, 0.1) is 5.02 Å². The predicted octanol–water partition coefficient (Wildman–Crippen LogP) is 3.60. The number of halogens is 2. The van der Waals surface area contributed by atoms with Crippen molar-refractivity contribution >= 4 is 11.6 Å². The zero-order chi connectivity index (χ0) is 14.0. The number of nitrogens with two attached hydrogens (primary N) is 1. The standard InChI is InChI=1S/C15H22ClFN2/c1-10(2)15(19(9-8-18)11-6-7-11)12-4-3-5-13(16)14(12)17/h3-5,10-11,15H,6-9,18H2,1-2H3. The van der Waals surface area contributed by atoms with Crippen LogP contribution < -0.4 is 5.73 Å². The molecule has 2 rings (SSSR count). The fraction of sp³-hybridized carbons (Fsp3) is 0.600. The van der Waals surface area contributed by atoms with Crippen molar-refractivity contribution in [1.29, 1.82) is 0 Å². The van der Waals surface area contributed by atoms with Gasteiger partial charge in [0.15, 0.2) is 0 Å². The molecule has 1 aliphatic carbocycles. The van der Waals surface area contributed by atoms with Crippen LogP contribution in [0.15, 0.2) is 18.2 Å². The summed E-state index contributed by atoms with van der Waals surface area (Å²) in [4.78, 5) is 2.35. The molecule has 1 aromatic carbocycles. The van der Waals surface area contributed by atoms with E-state index < -0.39 is 0 Å². The molecule has 106 valence electrons. The average Bonchev–Trinajstić information content (AvgIpc) is 3.17.